The first-order chi connectivity index (χ1) is 10.7. The predicted octanol–water partition coefficient (Wildman–Crippen LogP) is 5.00. The number of pyridine rings is 1. The van der Waals surface area contributed by atoms with Crippen LogP contribution in [0.15, 0.2) is 63.9 Å². The summed E-state index contributed by atoms with van der Waals surface area (Å²) in [6.07, 6.45) is 4.44. The molecule has 0 atom stereocenters. The van der Waals surface area contributed by atoms with Crippen molar-refractivity contribution < 1.29 is 0 Å². The van der Waals surface area contributed by atoms with Crippen LogP contribution in [0, 0.1) is 0 Å². The molecule has 0 N–H and O–H groups in total. The number of halogens is 2. The quantitative estimate of drug-likeness (QED) is 0.460. The van der Waals surface area contributed by atoms with Crippen molar-refractivity contribution in [1.82, 2.24) is 14.4 Å². The van der Waals surface area contributed by atoms with Gasteiger partial charge < -0.3 is 0 Å². The standard InChI is InChI=1S/C17H11Br2N3/c18-14-6-2-1-4-11(14)8-12-9-15-16(19)13-5-3-7-20-17(13)22(15)10-21-12/h1-7,9-10H,8H2. The van der Waals surface area contributed by atoms with Gasteiger partial charge in [0, 0.05) is 28.2 Å². The van der Waals surface area contributed by atoms with Crippen LogP contribution >= 0.6 is 31.9 Å². The van der Waals surface area contributed by atoms with Crippen molar-refractivity contribution in [3.05, 3.63) is 75.2 Å². The van der Waals surface area contributed by atoms with Crippen LogP contribution in [0.1, 0.15) is 11.3 Å². The molecule has 0 aliphatic heterocycles. The molecule has 0 fully saturated rings. The van der Waals surface area contributed by atoms with Gasteiger partial charge in [0.1, 0.15) is 12.0 Å². The number of nitrogens with zero attached hydrogens (tertiary/aromatic N) is 3. The predicted molar refractivity (Wildman–Crippen MR) is 95.1 cm³/mol. The van der Waals surface area contributed by atoms with E-state index >= 15 is 0 Å². The van der Waals surface area contributed by atoms with E-state index < -0.39 is 0 Å². The van der Waals surface area contributed by atoms with Gasteiger partial charge in [0.15, 0.2) is 0 Å². The van der Waals surface area contributed by atoms with Gasteiger partial charge in [-0.15, -0.1) is 0 Å². The van der Waals surface area contributed by atoms with Crippen molar-refractivity contribution in [2.75, 3.05) is 0 Å². The molecule has 0 saturated heterocycles. The van der Waals surface area contributed by atoms with Crippen molar-refractivity contribution in [3.8, 4) is 0 Å². The lowest BCUT2D eigenvalue weighted by molar-refractivity contribution is 1.01. The largest absolute Gasteiger partial charge is 0.283 e. The van der Waals surface area contributed by atoms with E-state index in [4.69, 9.17) is 0 Å². The van der Waals surface area contributed by atoms with Crippen LogP contribution in [0.25, 0.3) is 16.6 Å². The van der Waals surface area contributed by atoms with Crippen LogP contribution in [-0.2, 0) is 6.42 Å². The fourth-order valence-corrected chi connectivity index (χ4v) is 3.67. The highest BCUT2D eigenvalue weighted by Crippen LogP contribution is 2.30. The van der Waals surface area contributed by atoms with Crippen LogP contribution in [0.5, 0.6) is 0 Å². The van der Waals surface area contributed by atoms with E-state index in [1.807, 2.05) is 28.9 Å². The topological polar surface area (TPSA) is 30.2 Å². The van der Waals surface area contributed by atoms with E-state index in [1.54, 1.807) is 6.20 Å². The molecule has 0 radical (unpaired) electrons. The molecule has 0 unspecified atom stereocenters. The molecule has 4 rings (SSSR count). The van der Waals surface area contributed by atoms with E-state index in [2.05, 4.69) is 66.1 Å². The molecule has 1 aromatic carbocycles. The summed E-state index contributed by atoms with van der Waals surface area (Å²) in [5.41, 5.74) is 4.27. The van der Waals surface area contributed by atoms with Gasteiger partial charge in [0.05, 0.1) is 9.99 Å². The summed E-state index contributed by atoms with van der Waals surface area (Å²) in [6.45, 7) is 0. The van der Waals surface area contributed by atoms with Gasteiger partial charge in [0.2, 0.25) is 0 Å². The van der Waals surface area contributed by atoms with Crippen molar-refractivity contribution in [2.24, 2.45) is 0 Å². The van der Waals surface area contributed by atoms with E-state index in [0.29, 0.717) is 0 Å². The average molecular weight is 417 g/mol. The fraction of sp³-hybridized carbons (Fsp3) is 0.0588. The molecule has 0 aliphatic carbocycles. The number of fused-ring (bicyclic) bond motifs is 3. The molecule has 108 valence electrons. The fourth-order valence-electron chi connectivity index (χ4n) is 2.63. The van der Waals surface area contributed by atoms with Gasteiger partial charge in [-0.25, -0.2) is 9.97 Å². The Balaban J connectivity index is 1.86. The van der Waals surface area contributed by atoms with E-state index in [1.165, 1.54) is 5.56 Å². The van der Waals surface area contributed by atoms with E-state index in [0.717, 1.165) is 37.6 Å². The normalized spacial score (nSPS) is 11.4. The molecule has 5 heteroatoms. The molecule has 0 saturated carbocycles. The van der Waals surface area contributed by atoms with E-state index in [9.17, 15) is 0 Å². The van der Waals surface area contributed by atoms with Gasteiger partial charge in [-0.2, -0.15) is 0 Å². The summed E-state index contributed by atoms with van der Waals surface area (Å²) < 4.78 is 4.19. The van der Waals surface area contributed by atoms with Gasteiger partial charge in [0.25, 0.3) is 0 Å². The Labute approximate surface area is 144 Å². The van der Waals surface area contributed by atoms with Crippen LogP contribution in [0.3, 0.4) is 0 Å². The lowest BCUT2D eigenvalue weighted by Crippen LogP contribution is -1.96. The van der Waals surface area contributed by atoms with Crippen molar-refractivity contribution in [3.63, 3.8) is 0 Å². The first kappa shape index (κ1) is 13.9. The molecule has 0 bridgehead atoms. The molecule has 4 aromatic rings. The third-order valence-corrected chi connectivity index (χ3v) is 5.31. The molecule has 22 heavy (non-hydrogen) atoms. The maximum atomic E-state index is 4.59. The minimum atomic E-state index is 0.791. The van der Waals surface area contributed by atoms with Crippen LogP contribution in [0.4, 0.5) is 0 Å². The average Bonchev–Trinajstić information content (AvgIpc) is 2.83. The highest BCUT2D eigenvalue weighted by Gasteiger charge is 2.11. The molecular formula is C17H11Br2N3. The summed E-state index contributed by atoms with van der Waals surface area (Å²) in [6, 6.07) is 14.4. The molecular weight excluding hydrogens is 406 g/mol. The Kier molecular flexibility index (Phi) is 3.47. The highest BCUT2D eigenvalue weighted by atomic mass is 79.9. The maximum absolute atomic E-state index is 4.59. The molecule has 3 aromatic heterocycles. The Morgan fingerprint density at radius 2 is 1.86 bits per heavy atom. The molecule has 0 aliphatic rings. The zero-order valence-electron chi connectivity index (χ0n) is 11.5. The molecule has 0 amide bonds. The third-order valence-electron chi connectivity index (χ3n) is 3.71. The smallest absolute Gasteiger partial charge is 0.146 e. The van der Waals surface area contributed by atoms with E-state index in [-0.39, 0.29) is 0 Å². The van der Waals surface area contributed by atoms with Crippen LogP contribution in [-0.4, -0.2) is 14.4 Å². The summed E-state index contributed by atoms with van der Waals surface area (Å²) >= 11 is 7.28. The number of hydrogen-bond acceptors (Lipinski definition) is 2. The second-order valence-corrected chi connectivity index (χ2v) is 6.74. The first-order valence-electron chi connectivity index (χ1n) is 6.86. The number of benzene rings is 1. The Hall–Kier alpha value is -1.72. The Morgan fingerprint density at radius 1 is 1.00 bits per heavy atom. The molecule has 3 nitrogen and oxygen atoms in total. The summed E-state index contributed by atoms with van der Waals surface area (Å²) in [5, 5.41) is 1.10. The summed E-state index contributed by atoms with van der Waals surface area (Å²) in [7, 11) is 0. The van der Waals surface area contributed by atoms with Crippen LogP contribution < -0.4 is 0 Å². The first-order valence-corrected chi connectivity index (χ1v) is 8.45. The monoisotopic (exact) mass is 415 g/mol. The lowest BCUT2D eigenvalue weighted by Gasteiger charge is -2.05. The van der Waals surface area contributed by atoms with Crippen molar-refractivity contribution in [1.29, 1.82) is 0 Å². The second-order valence-electron chi connectivity index (χ2n) is 5.09. The molecule has 3 heterocycles. The van der Waals surface area contributed by atoms with Crippen molar-refractivity contribution >= 4 is 48.4 Å². The number of rotatable bonds is 2. The maximum Gasteiger partial charge on any atom is 0.146 e. The van der Waals surface area contributed by atoms with Gasteiger partial charge in [-0.1, -0.05) is 34.1 Å². The zero-order valence-corrected chi connectivity index (χ0v) is 14.7. The lowest BCUT2D eigenvalue weighted by atomic mass is 10.1. The second kappa shape index (κ2) is 5.48. The summed E-state index contributed by atoms with van der Waals surface area (Å²) in [4.78, 5) is 9.03. The van der Waals surface area contributed by atoms with Crippen LogP contribution in [0.2, 0.25) is 0 Å². The third kappa shape index (κ3) is 2.25. The van der Waals surface area contributed by atoms with Gasteiger partial charge >= 0.3 is 0 Å². The Bertz CT molecular complexity index is 992. The summed E-state index contributed by atoms with van der Waals surface area (Å²) in [5.74, 6) is 0. The minimum absolute atomic E-state index is 0.791. The number of hydrogen-bond donors (Lipinski definition) is 0. The SMILES string of the molecule is Brc1ccccc1Cc1cc2c(Br)c3cccnc3n2cn1. The minimum Gasteiger partial charge on any atom is -0.283 e. The zero-order chi connectivity index (χ0) is 15.1. The molecule has 0 spiro atoms. The van der Waals surface area contributed by atoms with Gasteiger partial charge in [-0.3, -0.25) is 4.40 Å². The highest BCUT2D eigenvalue weighted by molar-refractivity contribution is 9.11. The van der Waals surface area contributed by atoms with Crippen molar-refractivity contribution in [2.45, 2.75) is 6.42 Å². The van der Waals surface area contributed by atoms with Gasteiger partial charge in [-0.05, 0) is 45.8 Å². The Morgan fingerprint density at radius 3 is 2.73 bits per heavy atom. The number of aromatic nitrogens is 3.